The van der Waals surface area contributed by atoms with Gasteiger partial charge in [-0.2, -0.15) is 10.5 Å². The molecule has 0 radical (unpaired) electrons. The Labute approximate surface area is 81.6 Å². The van der Waals surface area contributed by atoms with Crippen molar-refractivity contribution in [2.75, 3.05) is 0 Å². The molecular weight excluding hydrogens is 172 g/mol. The predicted molar refractivity (Wildman–Crippen MR) is 53.4 cm³/mol. The first kappa shape index (κ1) is 8.29. The lowest BCUT2D eigenvalue weighted by molar-refractivity contribution is 1.48. The molecule has 2 aromatic carbocycles. The smallest absolute Gasteiger partial charge is 0.0998 e. The van der Waals surface area contributed by atoms with Gasteiger partial charge < -0.3 is 0 Å². The van der Waals surface area contributed by atoms with Gasteiger partial charge in [0.05, 0.1) is 23.3 Å². The van der Waals surface area contributed by atoms with E-state index in [9.17, 15) is 0 Å². The molecule has 0 heterocycles. The Morgan fingerprint density at radius 3 is 1.50 bits per heavy atom. The van der Waals surface area contributed by atoms with Crippen molar-refractivity contribution in [1.82, 2.24) is 0 Å². The van der Waals surface area contributed by atoms with Gasteiger partial charge in [-0.05, 0) is 12.1 Å². The minimum Gasteiger partial charge on any atom is -0.192 e. The van der Waals surface area contributed by atoms with Crippen molar-refractivity contribution >= 4 is 10.8 Å². The second-order valence-corrected chi connectivity index (χ2v) is 2.93. The fourth-order valence-electron chi connectivity index (χ4n) is 1.49. The molecule has 0 N–H and O–H groups in total. The van der Waals surface area contributed by atoms with Crippen LogP contribution >= 0.6 is 0 Å². The zero-order valence-electron chi connectivity index (χ0n) is 7.36. The maximum Gasteiger partial charge on any atom is 0.0998 e. The summed E-state index contributed by atoms with van der Waals surface area (Å²) < 4.78 is 0. The number of hydrogen-bond donors (Lipinski definition) is 0. The van der Waals surface area contributed by atoms with E-state index in [0.29, 0.717) is 11.1 Å². The zero-order valence-corrected chi connectivity index (χ0v) is 7.36. The zero-order chi connectivity index (χ0) is 9.97. The lowest BCUT2D eigenvalue weighted by Crippen LogP contribution is -1.83. The second-order valence-electron chi connectivity index (χ2n) is 2.93. The van der Waals surface area contributed by atoms with Crippen molar-refractivity contribution in [3.8, 4) is 12.1 Å². The van der Waals surface area contributed by atoms with E-state index < -0.39 is 0 Å². The molecule has 2 heteroatoms. The highest BCUT2D eigenvalue weighted by Crippen LogP contribution is 2.21. The standard InChI is InChI=1S/C12H6N2/c13-7-9-5-6-10(8-14)12-4-2-1-3-11(9)12/h1-6H. The van der Waals surface area contributed by atoms with E-state index in [1.165, 1.54) is 0 Å². The first-order valence-electron chi connectivity index (χ1n) is 4.19. The number of fused-ring (bicyclic) bond motifs is 1. The highest BCUT2D eigenvalue weighted by molar-refractivity contribution is 5.92. The minimum absolute atomic E-state index is 0.611. The molecular formula is C12H6N2. The Kier molecular flexibility index (Phi) is 1.89. The molecule has 0 aliphatic rings. The van der Waals surface area contributed by atoms with E-state index in [-0.39, 0.29) is 0 Å². The van der Waals surface area contributed by atoms with Crippen LogP contribution in [0, 0.1) is 22.7 Å². The second kappa shape index (κ2) is 3.20. The molecule has 0 atom stereocenters. The van der Waals surface area contributed by atoms with Crippen LogP contribution in [0.15, 0.2) is 36.4 Å². The van der Waals surface area contributed by atoms with Crippen molar-refractivity contribution in [3.63, 3.8) is 0 Å². The molecule has 0 aliphatic heterocycles. The van der Waals surface area contributed by atoms with Crippen LogP contribution in [0.1, 0.15) is 11.1 Å². The molecule has 0 aromatic heterocycles. The van der Waals surface area contributed by atoms with Crippen molar-refractivity contribution in [2.24, 2.45) is 0 Å². The number of rotatable bonds is 0. The van der Waals surface area contributed by atoms with Crippen LogP contribution in [0.3, 0.4) is 0 Å². The summed E-state index contributed by atoms with van der Waals surface area (Å²) in [4.78, 5) is 0. The number of benzene rings is 2. The summed E-state index contributed by atoms with van der Waals surface area (Å²) in [5.41, 5.74) is 1.22. The van der Waals surface area contributed by atoms with Crippen molar-refractivity contribution < 1.29 is 0 Å². The van der Waals surface area contributed by atoms with Crippen LogP contribution < -0.4 is 0 Å². The lowest BCUT2D eigenvalue weighted by atomic mass is 10.0. The third kappa shape index (κ3) is 1.11. The van der Waals surface area contributed by atoms with Gasteiger partial charge in [0.1, 0.15) is 0 Å². The molecule has 2 rings (SSSR count). The molecule has 2 aromatic rings. The van der Waals surface area contributed by atoms with E-state index in [1.807, 2.05) is 24.3 Å². The third-order valence-electron chi connectivity index (χ3n) is 2.16. The van der Waals surface area contributed by atoms with Gasteiger partial charge in [-0.15, -0.1) is 0 Å². The summed E-state index contributed by atoms with van der Waals surface area (Å²) in [5, 5.41) is 19.4. The molecule has 0 saturated carbocycles. The van der Waals surface area contributed by atoms with Crippen LogP contribution in [0.25, 0.3) is 10.8 Å². The molecule has 14 heavy (non-hydrogen) atoms. The quantitative estimate of drug-likeness (QED) is 0.622. The summed E-state index contributed by atoms with van der Waals surface area (Å²) in [6.45, 7) is 0. The van der Waals surface area contributed by atoms with E-state index in [2.05, 4.69) is 12.1 Å². The Hall–Kier alpha value is -2.32. The van der Waals surface area contributed by atoms with Gasteiger partial charge in [-0.3, -0.25) is 0 Å². The van der Waals surface area contributed by atoms with Gasteiger partial charge in [-0.25, -0.2) is 0 Å². The minimum atomic E-state index is 0.611. The molecule has 0 fully saturated rings. The number of hydrogen-bond acceptors (Lipinski definition) is 2. The topological polar surface area (TPSA) is 47.6 Å². The van der Waals surface area contributed by atoms with Crippen LogP contribution in [-0.2, 0) is 0 Å². The molecule has 0 spiro atoms. The predicted octanol–water partition coefficient (Wildman–Crippen LogP) is 2.58. The maximum absolute atomic E-state index is 8.87. The Bertz CT molecular complexity index is 518. The lowest BCUT2D eigenvalue weighted by Gasteiger charge is -2.00. The van der Waals surface area contributed by atoms with E-state index >= 15 is 0 Å². The fraction of sp³-hybridized carbons (Fsp3) is 0. The molecule has 0 amide bonds. The van der Waals surface area contributed by atoms with E-state index in [1.54, 1.807) is 12.1 Å². The molecule has 2 nitrogen and oxygen atoms in total. The summed E-state index contributed by atoms with van der Waals surface area (Å²) in [6.07, 6.45) is 0. The number of nitriles is 2. The average Bonchev–Trinajstić information content (AvgIpc) is 2.27. The Morgan fingerprint density at radius 1 is 0.714 bits per heavy atom. The van der Waals surface area contributed by atoms with E-state index in [4.69, 9.17) is 10.5 Å². The maximum atomic E-state index is 8.87. The summed E-state index contributed by atoms with van der Waals surface area (Å²) in [7, 11) is 0. The van der Waals surface area contributed by atoms with Gasteiger partial charge in [-0.1, -0.05) is 24.3 Å². The van der Waals surface area contributed by atoms with Crippen LogP contribution in [0.4, 0.5) is 0 Å². The van der Waals surface area contributed by atoms with Crippen molar-refractivity contribution in [1.29, 1.82) is 10.5 Å². The highest BCUT2D eigenvalue weighted by Gasteiger charge is 2.03. The van der Waals surface area contributed by atoms with Crippen molar-refractivity contribution in [2.45, 2.75) is 0 Å². The Balaban J connectivity index is 2.96. The molecule has 0 unspecified atom stereocenters. The summed E-state index contributed by atoms with van der Waals surface area (Å²) >= 11 is 0. The van der Waals surface area contributed by atoms with Crippen LogP contribution in [0.2, 0.25) is 0 Å². The van der Waals surface area contributed by atoms with Gasteiger partial charge in [0, 0.05) is 10.8 Å². The Morgan fingerprint density at radius 2 is 1.14 bits per heavy atom. The largest absolute Gasteiger partial charge is 0.192 e. The fourth-order valence-corrected chi connectivity index (χ4v) is 1.49. The highest BCUT2D eigenvalue weighted by atomic mass is 14.3. The third-order valence-corrected chi connectivity index (χ3v) is 2.16. The molecule has 64 valence electrons. The first-order chi connectivity index (χ1) is 6.86. The van der Waals surface area contributed by atoms with Crippen molar-refractivity contribution in [3.05, 3.63) is 47.5 Å². The van der Waals surface area contributed by atoms with Gasteiger partial charge in [0.25, 0.3) is 0 Å². The van der Waals surface area contributed by atoms with Crippen LogP contribution in [-0.4, -0.2) is 0 Å². The van der Waals surface area contributed by atoms with Gasteiger partial charge in [0.2, 0.25) is 0 Å². The first-order valence-corrected chi connectivity index (χ1v) is 4.19. The average molecular weight is 178 g/mol. The summed E-state index contributed by atoms with van der Waals surface area (Å²) in [6, 6.07) is 15.0. The molecule has 0 bridgehead atoms. The SMILES string of the molecule is N#Cc1ccc(C#N)c2ccccc12. The van der Waals surface area contributed by atoms with Gasteiger partial charge >= 0.3 is 0 Å². The van der Waals surface area contributed by atoms with Gasteiger partial charge in [0.15, 0.2) is 0 Å². The summed E-state index contributed by atoms with van der Waals surface area (Å²) in [5.74, 6) is 0. The van der Waals surface area contributed by atoms with E-state index in [0.717, 1.165) is 10.8 Å². The molecule has 0 saturated heterocycles. The monoisotopic (exact) mass is 178 g/mol. The normalized spacial score (nSPS) is 9.29. The molecule has 0 aliphatic carbocycles. The number of nitrogens with zero attached hydrogens (tertiary/aromatic N) is 2. The van der Waals surface area contributed by atoms with Crippen LogP contribution in [0.5, 0.6) is 0 Å².